The van der Waals surface area contributed by atoms with Crippen molar-refractivity contribution in [2.45, 2.75) is 6.92 Å². The Morgan fingerprint density at radius 2 is 1.76 bits per heavy atom. The third kappa shape index (κ3) is 4.54. The van der Waals surface area contributed by atoms with E-state index in [-0.39, 0.29) is 0 Å². The Morgan fingerprint density at radius 3 is 2.38 bits per heavy atom. The van der Waals surface area contributed by atoms with Gasteiger partial charge in [-0.2, -0.15) is 0 Å². The first-order chi connectivity index (χ1) is 14.1. The minimum absolute atomic E-state index is 0.435. The molecule has 3 aromatic rings. The van der Waals surface area contributed by atoms with E-state index in [1.54, 1.807) is 45.7 Å². The average molecular weight is 414 g/mol. The van der Waals surface area contributed by atoms with Crippen LogP contribution in [0.5, 0.6) is 17.2 Å². The summed E-state index contributed by atoms with van der Waals surface area (Å²) in [4.78, 5) is 13.4. The van der Waals surface area contributed by atoms with Crippen LogP contribution in [0.15, 0.2) is 30.5 Å². The van der Waals surface area contributed by atoms with Crippen molar-refractivity contribution < 1.29 is 14.2 Å². The molecule has 0 saturated heterocycles. The maximum Gasteiger partial charge on any atom is 0.203 e. The van der Waals surface area contributed by atoms with Crippen LogP contribution in [-0.2, 0) is 0 Å². The number of rotatable bonds is 7. The van der Waals surface area contributed by atoms with Gasteiger partial charge < -0.3 is 30.2 Å². The minimum atomic E-state index is 0.435. The molecule has 0 saturated carbocycles. The van der Waals surface area contributed by atoms with Crippen molar-refractivity contribution in [2.24, 2.45) is 0 Å². The Balaban J connectivity index is 2.05. The van der Waals surface area contributed by atoms with Crippen molar-refractivity contribution >= 4 is 45.8 Å². The lowest BCUT2D eigenvalue weighted by molar-refractivity contribution is 0.324. The van der Waals surface area contributed by atoms with Crippen LogP contribution in [0.3, 0.4) is 0 Å². The van der Waals surface area contributed by atoms with Crippen molar-refractivity contribution in [2.75, 3.05) is 38.5 Å². The first-order valence-corrected chi connectivity index (χ1v) is 9.25. The lowest BCUT2D eigenvalue weighted by atomic mass is 10.2. The summed E-state index contributed by atoms with van der Waals surface area (Å²) < 4.78 is 16.2. The summed E-state index contributed by atoms with van der Waals surface area (Å²) in [6.07, 6.45) is 1.66. The molecular formula is C19H22N6O3S. The minimum Gasteiger partial charge on any atom is -0.493 e. The number of pyridine rings is 1. The van der Waals surface area contributed by atoms with Crippen LogP contribution in [0.4, 0.5) is 17.3 Å². The molecule has 29 heavy (non-hydrogen) atoms. The van der Waals surface area contributed by atoms with Gasteiger partial charge >= 0.3 is 0 Å². The van der Waals surface area contributed by atoms with E-state index in [9.17, 15) is 0 Å². The fraction of sp³-hybridized carbons (Fsp3) is 0.263. The molecule has 0 aliphatic rings. The Morgan fingerprint density at radius 1 is 1.03 bits per heavy atom. The number of aromatic nitrogens is 3. The number of anilines is 3. The summed E-state index contributed by atoms with van der Waals surface area (Å²) >= 11 is 5.30. The molecule has 0 aliphatic carbocycles. The first kappa shape index (κ1) is 20.3. The smallest absolute Gasteiger partial charge is 0.203 e. The van der Waals surface area contributed by atoms with Crippen molar-refractivity contribution in [1.29, 1.82) is 0 Å². The zero-order valence-corrected chi connectivity index (χ0v) is 17.4. The zero-order valence-electron chi connectivity index (χ0n) is 16.6. The third-order valence-corrected chi connectivity index (χ3v) is 4.18. The maximum atomic E-state index is 5.42. The summed E-state index contributed by atoms with van der Waals surface area (Å²) in [5.41, 5.74) is 1.82. The lowest BCUT2D eigenvalue weighted by Crippen LogP contribution is -2.28. The highest BCUT2D eigenvalue weighted by Gasteiger charge is 2.16. The van der Waals surface area contributed by atoms with Crippen LogP contribution >= 0.6 is 12.2 Å². The van der Waals surface area contributed by atoms with E-state index >= 15 is 0 Å². The molecule has 2 heterocycles. The number of fused-ring (bicyclic) bond motifs is 1. The fourth-order valence-corrected chi connectivity index (χ4v) is 2.91. The summed E-state index contributed by atoms with van der Waals surface area (Å²) in [6, 6.07) is 7.20. The van der Waals surface area contributed by atoms with Crippen LogP contribution in [0.1, 0.15) is 6.92 Å². The van der Waals surface area contributed by atoms with E-state index in [1.807, 2.05) is 13.0 Å². The topological polar surface area (TPSA) is 102 Å². The van der Waals surface area contributed by atoms with Crippen LogP contribution in [0.25, 0.3) is 11.2 Å². The SMILES string of the molecule is CCNC(=S)Nc1nc2ncccc2nc1Nc1cc(OC)c(OC)c(OC)c1. The van der Waals surface area contributed by atoms with Gasteiger partial charge in [0.05, 0.1) is 21.3 Å². The second kappa shape index (κ2) is 9.20. The van der Waals surface area contributed by atoms with Gasteiger partial charge in [-0.05, 0) is 31.3 Å². The second-order valence-electron chi connectivity index (χ2n) is 5.79. The standard InChI is InChI=1S/C19H22N6O3S/c1-5-20-19(29)25-18-17(23-12-7-6-8-21-16(12)24-18)22-11-9-13(26-2)15(28-4)14(10-11)27-3/h6-10H,5H2,1-4H3,(H,22,23)(H2,20,21,24,25,29). The van der Waals surface area contributed by atoms with Gasteiger partial charge in [0.15, 0.2) is 33.9 Å². The Hall–Kier alpha value is -3.40. The average Bonchev–Trinajstić information content (AvgIpc) is 2.73. The quantitative estimate of drug-likeness (QED) is 0.500. The number of methoxy groups -OCH3 is 3. The fourth-order valence-electron chi connectivity index (χ4n) is 2.67. The third-order valence-electron chi connectivity index (χ3n) is 3.94. The highest BCUT2D eigenvalue weighted by molar-refractivity contribution is 7.80. The van der Waals surface area contributed by atoms with E-state index in [0.717, 1.165) is 0 Å². The number of thiocarbonyl (C=S) groups is 1. The lowest BCUT2D eigenvalue weighted by Gasteiger charge is -2.17. The molecule has 0 aliphatic heterocycles. The van der Waals surface area contributed by atoms with E-state index in [0.29, 0.717) is 57.4 Å². The molecule has 0 fully saturated rings. The Kier molecular flexibility index (Phi) is 6.45. The summed E-state index contributed by atoms with van der Waals surface area (Å²) in [5.74, 6) is 2.45. The van der Waals surface area contributed by atoms with Crippen molar-refractivity contribution in [3.8, 4) is 17.2 Å². The molecule has 9 nitrogen and oxygen atoms in total. The van der Waals surface area contributed by atoms with Gasteiger partial charge in [-0.25, -0.2) is 15.0 Å². The molecule has 1 aromatic carbocycles. The van der Waals surface area contributed by atoms with Crippen LogP contribution in [0.2, 0.25) is 0 Å². The van der Waals surface area contributed by atoms with E-state index in [2.05, 4.69) is 30.9 Å². The normalized spacial score (nSPS) is 10.3. The van der Waals surface area contributed by atoms with Crippen molar-refractivity contribution in [1.82, 2.24) is 20.3 Å². The van der Waals surface area contributed by atoms with Gasteiger partial charge in [-0.15, -0.1) is 0 Å². The van der Waals surface area contributed by atoms with E-state index in [4.69, 9.17) is 26.4 Å². The Labute approximate surface area is 173 Å². The van der Waals surface area contributed by atoms with Crippen LogP contribution in [-0.4, -0.2) is 47.9 Å². The summed E-state index contributed by atoms with van der Waals surface area (Å²) in [7, 11) is 4.67. The van der Waals surface area contributed by atoms with Crippen LogP contribution in [0, 0.1) is 0 Å². The highest BCUT2D eigenvalue weighted by Crippen LogP contribution is 2.41. The molecule has 10 heteroatoms. The monoisotopic (exact) mass is 414 g/mol. The molecule has 0 unspecified atom stereocenters. The number of hydrogen-bond acceptors (Lipinski definition) is 8. The van der Waals surface area contributed by atoms with Crippen molar-refractivity contribution in [3.05, 3.63) is 30.5 Å². The molecule has 2 aromatic heterocycles. The Bertz CT molecular complexity index is 1000. The molecule has 0 spiro atoms. The largest absolute Gasteiger partial charge is 0.493 e. The molecule has 0 bridgehead atoms. The van der Waals surface area contributed by atoms with Gasteiger partial charge in [0.25, 0.3) is 0 Å². The molecular weight excluding hydrogens is 392 g/mol. The number of nitrogens with zero attached hydrogens (tertiary/aromatic N) is 3. The van der Waals surface area contributed by atoms with E-state index in [1.165, 1.54) is 0 Å². The zero-order chi connectivity index (χ0) is 20.8. The molecule has 152 valence electrons. The predicted octanol–water partition coefficient (Wildman–Crippen LogP) is 3.10. The molecule has 0 atom stereocenters. The maximum absolute atomic E-state index is 5.42. The van der Waals surface area contributed by atoms with Gasteiger partial charge in [0.2, 0.25) is 5.75 Å². The molecule has 0 amide bonds. The van der Waals surface area contributed by atoms with Gasteiger partial charge in [0, 0.05) is 30.6 Å². The predicted molar refractivity (Wildman–Crippen MR) is 117 cm³/mol. The number of ether oxygens (including phenoxy) is 3. The first-order valence-electron chi connectivity index (χ1n) is 8.84. The summed E-state index contributed by atoms with van der Waals surface area (Å²) in [6.45, 7) is 2.64. The molecule has 0 radical (unpaired) electrons. The van der Waals surface area contributed by atoms with Gasteiger partial charge in [0.1, 0.15) is 5.52 Å². The molecule has 3 N–H and O–H groups in total. The number of hydrogen-bond donors (Lipinski definition) is 3. The van der Waals surface area contributed by atoms with Crippen molar-refractivity contribution in [3.63, 3.8) is 0 Å². The van der Waals surface area contributed by atoms with Crippen LogP contribution < -0.4 is 30.2 Å². The molecule has 3 rings (SSSR count). The van der Waals surface area contributed by atoms with Gasteiger partial charge in [-0.1, -0.05) is 0 Å². The van der Waals surface area contributed by atoms with E-state index < -0.39 is 0 Å². The highest BCUT2D eigenvalue weighted by atomic mass is 32.1. The summed E-state index contributed by atoms with van der Waals surface area (Å²) in [5, 5.41) is 9.77. The number of benzene rings is 1. The second-order valence-corrected chi connectivity index (χ2v) is 6.20. The number of nitrogens with one attached hydrogen (secondary N) is 3. The van der Waals surface area contributed by atoms with Gasteiger partial charge in [-0.3, -0.25) is 0 Å².